The van der Waals surface area contributed by atoms with Crippen LogP contribution in [0.5, 0.6) is 5.75 Å². The summed E-state index contributed by atoms with van der Waals surface area (Å²) in [5.41, 5.74) is 6.64. The molecule has 78 valence electrons. The summed E-state index contributed by atoms with van der Waals surface area (Å²) in [5, 5.41) is 7.56. The van der Waals surface area contributed by atoms with Crippen LogP contribution in [-0.4, -0.2) is 22.3 Å². The number of nitrogens with two attached hydrogens (primary N) is 1. The van der Waals surface area contributed by atoms with Crippen LogP contribution in [0, 0.1) is 6.92 Å². The Bertz CT molecular complexity index is 481. The van der Waals surface area contributed by atoms with Gasteiger partial charge in [0, 0.05) is 13.0 Å². The molecule has 6 heteroatoms. The normalized spacial score (nSPS) is 10.3. The SMILES string of the molecule is COc1cc(-c2nnc(C)o2)ncc1N. The third-order valence-electron chi connectivity index (χ3n) is 1.86. The molecule has 15 heavy (non-hydrogen) atoms. The van der Waals surface area contributed by atoms with Crippen LogP contribution >= 0.6 is 0 Å². The molecule has 0 unspecified atom stereocenters. The molecule has 0 atom stereocenters. The van der Waals surface area contributed by atoms with E-state index in [-0.39, 0.29) is 0 Å². The summed E-state index contributed by atoms with van der Waals surface area (Å²) < 4.78 is 10.3. The van der Waals surface area contributed by atoms with Gasteiger partial charge < -0.3 is 14.9 Å². The standard InChI is InChI=1S/C9H10N4O2/c1-5-12-13-9(15-5)7-3-8(14-2)6(10)4-11-7/h3-4H,10H2,1-2H3. The van der Waals surface area contributed by atoms with Crippen molar-refractivity contribution >= 4 is 5.69 Å². The molecule has 0 aliphatic heterocycles. The van der Waals surface area contributed by atoms with Crippen LogP contribution in [-0.2, 0) is 0 Å². The second-order valence-corrected chi connectivity index (χ2v) is 2.94. The van der Waals surface area contributed by atoms with Crippen molar-refractivity contribution in [2.24, 2.45) is 0 Å². The maximum atomic E-state index is 5.63. The lowest BCUT2D eigenvalue weighted by Gasteiger charge is -2.03. The predicted molar refractivity (Wildman–Crippen MR) is 53.2 cm³/mol. The number of ether oxygens (including phenoxy) is 1. The first-order valence-electron chi connectivity index (χ1n) is 4.30. The lowest BCUT2D eigenvalue weighted by molar-refractivity contribution is 0.416. The summed E-state index contributed by atoms with van der Waals surface area (Å²) in [6.07, 6.45) is 1.49. The molecule has 6 nitrogen and oxygen atoms in total. The number of methoxy groups -OCH3 is 1. The third kappa shape index (κ3) is 1.74. The Morgan fingerprint density at radius 1 is 1.40 bits per heavy atom. The van der Waals surface area contributed by atoms with Crippen LogP contribution in [0.4, 0.5) is 5.69 Å². The first-order valence-corrected chi connectivity index (χ1v) is 4.30. The van der Waals surface area contributed by atoms with E-state index in [0.29, 0.717) is 28.9 Å². The molecule has 0 saturated heterocycles. The first kappa shape index (κ1) is 9.45. The Morgan fingerprint density at radius 3 is 2.80 bits per heavy atom. The fourth-order valence-electron chi connectivity index (χ4n) is 1.14. The summed E-state index contributed by atoms with van der Waals surface area (Å²) in [7, 11) is 1.54. The molecule has 0 aliphatic carbocycles. The molecular weight excluding hydrogens is 196 g/mol. The van der Waals surface area contributed by atoms with Crippen LogP contribution in [0.3, 0.4) is 0 Å². The third-order valence-corrected chi connectivity index (χ3v) is 1.86. The minimum absolute atomic E-state index is 0.353. The monoisotopic (exact) mass is 206 g/mol. The highest BCUT2D eigenvalue weighted by atomic mass is 16.5. The van der Waals surface area contributed by atoms with Crippen LogP contribution in [0.15, 0.2) is 16.7 Å². The van der Waals surface area contributed by atoms with Gasteiger partial charge in [-0.05, 0) is 0 Å². The van der Waals surface area contributed by atoms with Crippen LogP contribution in [0.25, 0.3) is 11.6 Å². The summed E-state index contributed by atoms with van der Waals surface area (Å²) in [4.78, 5) is 4.07. The average molecular weight is 206 g/mol. The second-order valence-electron chi connectivity index (χ2n) is 2.94. The zero-order valence-corrected chi connectivity index (χ0v) is 8.39. The maximum absolute atomic E-state index is 5.63. The van der Waals surface area contributed by atoms with Gasteiger partial charge in [0.2, 0.25) is 5.89 Å². The predicted octanol–water partition coefficient (Wildman–Crippen LogP) is 1.03. The highest BCUT2D eigenvalue weighted by Crippen LogP contribution is 2.25. The molecular formula is C9H10N4O2. The van der Waals surface area contributed by atoms with Gasteiger partial charge in [-0.25, -0.2) is 4.98 Å². The fraction of sp³-hybridized carbons (Fsp3) is 0.222. The molecule has 2 aromatic rings. The van der Waals surface area contributed by atoms with Gasteiger partial charge in [0.15, 0.2) is 0 Å². The smallest absolute Gasteiger partial charge is 0.266 e. The number of rotatable bonds is 2. The van der Waals surface area contributed by atoms with E-state index in [1.165, 1.54) is 13.3 Å². The number of pyridine rings is 1. The number of hydrogen-bond acceptors (Lipinski definition) is 6. The second kappa shape index (κ2) is 3.56. The van der Waals surface area contributed by atoms with E-state index in [0.717, 1.165) is 0 Å². The Balaban J connectivity index is 2.45. The van der Waals surface area contributed by atoms with Gasteiger partial charge in [-0.2, -0.15) is 0 Å². The molecule has 0 radical (unpaired) electrons. The van der Waals surface area contributed by atoms with Crippen LogP contribution < -0.4 is 10.5 Å². The lowest BCUT2D eigenvalue weighted by Crippen LogP contribution is -1.94. The molecule has 0 amide bonds. The molecule has 0 aromatic carbocycles. The zero-order chi connectivity index (χ0) is 10.8. The quantitative estimate of drug-likeness (QED) is 0.789. The van der Waals surface area contributed by atoms with Crippen molar-refractivity contribution in [1.82, 2.24) is 15.2 Å². The molecule has 2 N–H and O–H groups in total. The Hall–Kier alpha value is -2.11. The van der Waals surface area contributed by atoms with Crippen molar-refractivity contribution in [3.8, 4) is 17.3 Å². The molecule has 0 bridgehead atoms. The van der Waals surface area contributed by atoms with Gasteiger partial charge in [-0.3, -0.25) is 0 Å². The minimum atomic E-state index is 0.353. The summed E-state index contributed by atoms with van der Waals surface area (Å²) in [6.45, 7) is 1.71. The van der Waals surface area contributed by atoms with E-state index in [9.17, 15) is 0 Å². The Labute approximate surface area is 86.1 Å². The van der Waals surface area contributed by atoms with E-state index in [1.807, 2.05) is 0 Å². The Kier molecular flexibility index (Phi) is 2.24. The van der Waals surface area contributed by atoms with Crippen LogP contribution in [0.2, 0.25) is 0 Å². The van der Waals surface area contributed by atoms with Gasteiger partial charge >= 0.3 is 0 Å². The van der Waals surface area contributed by atoms with Crippen molar-refractivity contribution in [1.29, 1.82) is 0 Å². The first-order chi connectivity index (χ1) is 7.20. The van der Waals surface area contributed by atoms with Crippen molar-refractivity contribution in [3.63, 3.8) is 0 Å². The molecule has 2 heterocycles. The molecule has 0 saturated carbocycles. The summed E-state index contributed by atoms with van der Waals surface area (Å²) in [6, 6.07) is 1.66. The van der Waals surface area contributed by atoms with E-state index in [1.54, 1.807) is 13.0 Å². The lowest BCUT2D eigenvalue weighted by atomic mass is 10.3. The summed E-state index contributed by atoms with van der Waals surface area (Å²) >= 11 is 0. The number of aromatic nitrogens is 3. The maximum Gasteiger partial charge on any atom is 0.266 e. The summed E-state index contributed by atoms with van der Waals surface area (Å²) in [5.74, 6) is 1.38. The highest BCUT2D eigenvalue weighted by Gasteiger charge is 2.10. The van der Waals surface area contributed by atoms with E-state index in [2.05, 4.69) is 15.2 Å². The van der Waals surface area contributed by atoms with E-state index in [4.69, 9.17) is 14.9 Å². The van der Waals surface area contributed by atoms with Gasteiger partial charge in [0.1, 0.15) is 11.4 Å². The number of nitrogens with zero attached hydrogens (tertiary/aromatic N) is 3. The van der Waals surface area contributed by atoms with Crippen molar-refractivity contribution in [2.45, 2.75) is 6.92 Å². The molecule has 0 fully saturated rings. The largest absolute Gasteiger partial charge is 0.494 e. The molecule has 0 aliphatic rings. The molecule has 2 aromatic heterocycles. The molecule has 0 spiro atoms. The van der Waals surface area contributed by atoms with Crippen molar-refractivity contribution in [2.75, 3.05) is 12.8 Å². The van der Waals surface area contributed by atoms with Gasteiger partial charge in [-0.1, -0.05) is 0 Å². The van der Waals surface area contributed by atoms with Crippen molar-refractivity contribution in [3.05, 3.63) is 18.2 Å². The zero-order valence-electron chi connectivity index (χ0n) is 8.39. The number of nitrogen functional groups attached to an aromatic ring is 1. The number of anilines is 1. The van der Waals surface area contributed by atoms with E-state index < -0.39 is 0 Å². The van der Waals surface area contributed by atoms with Gasteiger partial charge in [-0.15, -0.1) is 10.2 Å². The van der Waals surface area contributed by atoms with Crippen LogP contribution in [0.1, 0.15) is 5.89 Å². The van der Waals surface area contributed by atoms with Gasteiger partial charge in [0.05, 0.1) is 19.0 Å². The van der Waals surface area contributed by atoms with E-state index >= 15 is 0 Å². The molecule has 2 rings (SSSR count). The number of aryl methyl sites for hydroxylation is 1. The van der Waals surface area contributed by atoms with Gasteiger partial charge in [0.25, 0.3) is 5.89 Å². The topological polar surface area (TPSA) is 87.1 Å². The van der Waals surface area contributed by atoms with Crippen molar-refractivity contribution < 1.29 is 9.15 Å². The fourth-order valence-corrected chi connectivity index (χ4v) is 1.14. The Morgan fingerprint density at radius 2 is 2.20 bits per heavy atom. The highest BCUT2D eigenvalue weighted by molar-refractivity contribution is 5.59. The minimum Gasteiger partial charge on any atom is -0.494 e. The average Bonchev–Trinajstić information content (AvgIpc) is 2.66. The number of hydrogen-bond donors (Lipinski definition) is 1.